The van der Waals surface area contributed by atoms with E-state index in [-0.39, 0.29) is 0 Å². The topological polar surface area (TPSA) is 88.8 Å². The van der Waals surface area contributed by atoms with E-state index in [0.29, 0.717) is 22.0 Å². The minimum Gasteiger partial charge on any atom is -0.391 e. The van der Waals surface area contributed by atoms with E-state index in [4.69, 9.17) is 18.0 Å². The third-order valence-corrected chi connectivity index (χ3v) is 3.23. The minimum atomic E-state index is -0.546. The normalized spacial score (nSPS) is 11.1. The first-order valence-electron chi connectivity index (χ1n) is 5.51. The van der Waals surface area contributed by atoms with Crippen molar-refractivity contribution in [3.8, 4) is 0 Å². The first kappa shape index (κ1) is 14.9. The van der Waals surface area contributed by atoms with Crippen LogP contribution < -0.4 is 16.4 Å². The molecule has 0 unspecified atom stereocenters. The average Bonchev–Trinajstić information content (AvgIpc) is 2.28. The van der Waals surface area contributed by atoms with Gasteiger partial charge in [-0.25, -0.2) is 0 Å². The maximum atomic E-state index is 5.66. The number of hydrogen-bond acceptors (Lipinski definition) is 7. The Balaban J connectivity index is 3.01. The molecule has 0 saturated heterocycles. The highest BCUT2D eigenvalue weighted by Crippen LogP contribution is 2.17. The Bertz CT molecular complexity index is 434. The van der Waals surface area contributed by atoms with Gasteiger partial charge in [-0.05, 0) is 27.0 Å². The summed E-state index contributed by atoms with van der Waals surface area (Å²) in [6.07, 6.45) is 1.91. The van der Waals surface area contributed by atoms with Gasteiger partial charge in [-0.3, -0.25) is 0 Å². The first-order chi connectivity index (χ1) is 8.39. The van der Waals surface area contributed by atoms with Crippen LogP contribution in [0.5, 0.6) is 0 Å². The van der Waals surface area contributed by atoms with Gasteiger partial charge in [-0.2, -0.15) is 15.0 Å². The average molecular weight is 286 g/mol. The summed E-state index contributed by atoms with van der Waals surface area (Å²) in [4.78, 5) is 13.1. The molecule has 0 atom stereocenters. The Labute approximate surface area is 117 Å². The Hall–Kier alpha value is -1.15. The molecule has 1 rings (SSSR count). The molecule has 18 heavy (non-hydrogen) atoms. The molecule has 100 valence electrons. The van der Waals surface area contributed by atoms with Crippen LogP contribution >= 0.6 is 24.0 Å². The molecule has 6 nitrogen and oxygen atoms in total. The number of nitrogens with zero attached hydrogens (tertiary/aromatic N) is 3. The van der Waals surface area contributed by atoms with Crippen molar-refractivity contribution >= 4 is 40.9 Å². The molecule has 8 heteroatoms. The highest BCUT2D eigenvalue weighted by molar-refractivity contribution is 7.98. The van der Waals surface area contributed by atoms with Crippen LogP contribution in [0.2, 0.25) is 0 Å². The Morgan fingerprint density at radius 1 is 1.33 bits per heavy atom. The number of rotatable bonds is 6. The fraction of sp³-hybridized carbons (Fsp3) is 0.600. The number of thioether (sulfide) groups is 1. The maximum Gasteiger partial charge on any atom is 0.229 e. The highest BCUT2D eigenvalue weighted by atomic mass is 32.2. The quantitative estimate of drug-likeness (QED) is 0.535. The van der Waals surface area contributed by atoms with Gasteiger partial charge in [0.25, 0.3) is 0 Å². The zero-order valence-corrected chi connectivity index (χ0v) is 12.6. The van der Waals surface area contributed by atoms with Crippen molar-refractivity contribution in [1.29, 1.82) is 0 Å². The molecule has 0 radical (unpaired) electrons. The fourth-order valence-corrected chi connectivity index (χ4v) is 1.49. The third-order valence-electron chi connectivity index (χ3n) is 2.17. The van der Waals surface area contributed by atoms with Crippen LogP contribution in [0.4, 0.5) is 11.9 Å². The molecule has 4 N–H and O–H groups in total. The molecule has 0 aliphatic carbocycles. The predicted molar refractivity (Wildman–Crippen MR) is 80.3 cm³/mol. The van der Waals surface area contributed by atoms with E-state index in [2.05, 4.69) is 25.6 Å². The summed E-state index contributed by atoms with van der Waals surface area (Å²) in [6.45, 7) is 6.49. The summed E-state index contributed by atoms with van der Waals surface area (Å²) < 4.78 is 0. The SMILES string of the molecule is CCNc1nc(NC(C)(C)C(N)=S)nc(SC)n1. The lowest BCUT2D eigenvalue weighted by Gasteiger charge is -2.24. The third kappa shape index (κ3) is 3.95. The fourth-order valence-electron chi connectivity index (χ4n) is 1.08. The summed E-state index contributed by atoms with van der Waals surface area (Å²) in [5.74, 6) is 1.00. The van der Waals surface area contributed by atoms with Crippen LogP contribution in [0.15, 0.2) is 5.16 Å². The van der Waals surface area contributed by atoms with E-state index in [1.807, 2.05) is 27.0 Å². The lowest BCUT2D eigenvalue weighted by atomic mass is 10.1. The highest BCUT2D eigenvalue weighted by Gasteiger charge is 2.22. The second kappa shape index (κ2) is 6.14. The smallest absolute Gasteiger partial charge is 0.229 e. The standard InChI is InChI=1S/C10H18N6S2/c1-5-12-7-13-8(15-9(14-7)18-4)16-10(2,3)6(11)17/h5H2,1-4H3,(H2,11,17)(H2,12,13,14,15,16). The Morgan fingerprint density at radius 3 is 2.44 bits per heavy atom. The molecule has 1 aromatic heterocycles. The second-order valence-corrected chi connectivity index (χ2v) is 5.33. The summed E-state index contributed by atoms with van der Waals surface area (Å²) in [5, 5.41) is 6.81. The van der Waals surface area contributed by atoms with E-state index < -0.39 is 5.54 Å². The molecule has 0 aliphatic heterocycles. The van der Waals surface area contributed by atoms with Gasteiger partial charge in [0.2, 0.25) is 11.9 Å². The summed E-state index contributed by atoms with van der Waals surface area (Å²) in [6, 6.07) is 0. The zero-order chi connectivity index (χ0) is 13.8. The van der Waals surface area contributed by atoms with E-state index in [1.165, 1.54) is 11.8 Å². The summed E-state index contributed by atoms with van der Waals surface area (Å²) >= 11 is 6.45. The van der Waals surface area contributed by atoms with Crippen LogP contribution in [0, 0.1) is 0 Å². The van der Waals surface area contributed by atoms with E-state index in [1.54, 1.807) is 0 Å². The van der Waals surface area contributed by atoms with Gasteiger partial charge in [-0.15, -0.1) is 0 Å². The van der Waals surface area contributed by atoms with Gasteiger partial charge in [0.05, 0.1) is 10.5 Å². The predicted octanol–water partition coefficient (Wildman–Crippen LogP) is 1.50. The van der Waals surface area contributed by atoms with Gasteiger partial charge in [0, 0.05) is 6.54 Å². The molecule has 0 aromatic carbocycles. The molecule has 0 amide bonds. The molecule has 0 spiro atoms. The van der Waals surface area contributed by atoms with Crippen molar-refractivity contribution < 1.29 is 0 Å². The maximum absolute atomic E-state index is 5.66. The van der Waals surface area contributed by atoms with E-state index in [9.17, 15) is 0 Å². The van der Waals surface area contributed by atoms with Crippen LogP contribution in [-0.4, -0.2) is 38.3 Å². The summed E-state index contributed by atoms with van der Waals surface area (Å²) in [5.41, 5.74) is 5.12. The lowest BCUT2D eigenvalue weighted by Crippen LogP contribution is -2.44. The number of thiocarbonyl (C=S) groups is 1. The number of hydrogen-bond donors (Lipinski definition) is 3. The van der Waals surface area contributed by atoms with Gasteiger partial charge in [0.1, 0.15) is 0 Å². The van der Waals surface area contributed by atoms with Crippen molar-refractivity contribution in [3.63, 3.8) is 0 Å². The van der Waals surface area contributed by atoms with Crippen molar-refractivity contribution in [2.24, 2.45) is 5.73 Å². The van der Waals surface area contributed by atoms with E-state index in [0.717, 1.165) is 6.54 Å². The second-order valence-electron chi connectivity index (χ2n) is 4.11. The zero-order valence-electron chi connectivity index (χ0n) is 10.9. The van der Waals surface area contributed by atoms with Gasteiger partial charge in [-0.1, -0.05) is 24.0 Å². The lowest BCUT2D eigenvalue weighted by molar-refractivity contribution is 0.739. The molecule has 0 saturated carbocycles. The number of nitrogens with two attached hydrogens (primary N) is 1. The van der Waals surface area contributed by atoms with E-state index >= 15 is 0 Å². The van der Waals surface area contributed by atoms with Crippen molar-refractivity contribution in [2.75, 3.05) is 23.4 Å². The molecule has 1 heterocycles. The van der Waals surface area contributed by atoms with Crippen LogP contribution in [0.25, 0.3) is 0 Å². The molecule has 0 bridgehead atoms. The summed E-state index contributed by atoms with van der Waals surface area (Å²) in [7, 11) is 0. The largest absolute Gasteiger partial charge is 0.391 e. The van der Waals surface area contributed by atoms with Crippen LogP contribution in [0.3, 0.4) is 0 Å². The molecule has 0 fully saturated rings. The monoisotopic (exact) mass is 286 g/mol. The first-order valence-corrected chi connectivity index (χ1v) is 7.14. The van der Waals surface area contributed by atoms with Gasteiger partial charge in [0.15, 0.2) is 5.16 Å². The molecule has 1 aromatic rings. The van der Waals surface area contributed by atoms with Crippen molar-refractivity contribution in [2.45, 2.75) is 31.5 Å². The number of anilines is 2. The van der Waals surface area contributed by atoms with Gasteiger partial charge >= 0.3 is 0 Å². The Kier molecular flexibility index (Phi) is 5.09. The minimum absolute atomic E-state index is 0.360. The number of aromatic nitrogens is 3. The van der Waals surface area contributed by atoms with Gasteiger partial charge < -0.3 is 16.4 Å². The van der Waals surface area contributed by atoms with Crippen molar-refractivity contribution in [1.82, 2.24) is 15.0 Å². The van der Waals surface area contributed by atoms with Crippen LogP contribution in [0.1, 0.15) is 20.8 Å². The van der Waals surface area contributed by atoms with Crippen LogP contribution in [-0.2, 0) is 0 Å². The molecular formula is C10H18N6S2. The Morgan fingerprint density at radius 2 is 1.94 bits per heavy atom. The molecule has 0 aliphatic rings. The van der Waals surface area contributed by atoms with Crippen molar-refractivity contribution in [3.05, 3.63) is 0 Å². The number of nitrogens with one attached hydrogen (secondary N) is 2. The molecular weight excluding hydrogens is 268 g/mol.